The Morgan fingerprint density at radius 1 is 1.10 bits per heavy atom. The fourth-order valence-corrected chi connectivity index (χ4v) is 3.58. The van der Waals surface area contributed by atoms with Gasteiger partial charge < -0.3 is 16.0 Å². The van der Waals surface area contributed by atoms with Crippen LogP contribution in [-0.4, -0.2) is 28.4 Å². The van der Waals surface area contributed by atoms with Gasteiger partial charge in [0, 0.05) is 0 Å². The molecule has 30 heavy (non-hydrogen) atoms. The van der Waals surface area contributed by atoms with Gasteiger partial charge in [-0.1, -0.05) is 18.2 Å². The summed E-state index contributed by atoms with van der Waals surface area (Å²) in [6.45, 7) is 1.89. The third-order valence-corrected chi connectivity index (χ3v) is 5.01. The van der Waals surface area contributed by atoms with E-state index in [1.165, 1.54) is 22.8 Å². The Labute approximate surface area is 170 Å². The minimum absolute atomic E-state index is 0.152. The Morgan fingerprint density at radius 2 is 1.87 bits per heavy atom. The maximum absolute atomic E-state index is 13.8. The summed E-state index contributed by atoms with van der Waals surface area (Å²) < 4.78 is 15.3. The highest BCUT2D eigenvalue weighted by Crippen LogP contribution is 2.22. The van der Waals surface area contributed by atoms with Crippen molar-refractivity contribution in [3.8, 4) is 5.69 Å². The molecule has 0 aliphatic carbocycles. The summed E-state index contributed by atoms with van der Waals surface area (Å²) in [4.78, 5) is 26.7. The van der Waals surface area contributed by atoms with E-state index in [9.17, 15) is 9.18 Å². The molecule has 1 unspecified atom stereocenters. The van der Waals surface area contributed by atoms with E-state index in [1.807, 2.05) is 37.3 Å². The molecule has 0 amide bonds. The van der Waals surface area contributed by atoms with E-state index in [1.54, 1.807) is 12.7 Å². The van der Waals surface area contributed by atoms with Crippen LogP contribution in [-0.2, 0) is 0 Å². The first-order valence-electron chi connectivity index (χ1n) is 9.47. The molecule has 3 N–H and O–H groups in total. The fourth-order valence-electron chi connectivity index (χ4n) is 3.58. The minimum Gasteiger partial charge on any atom is -0.359 e. The van der Waals surface area contributed by atoms with Crippen molar-refractivity contribution in [1.82, 2.24) is 25.5 Å². The minimum atomic E-state index is -0.478. The van der Waals surface area contributed by atoms with Crippen LogP contribution >= 0.6 is 0 Å². The monoisotopic (exact) mass is 403 g/mol. The summed E-state index contributed by atoms with van der Waals surface area (Å²) in [5.74, 6) is 0.591. The number of nitrogens with zero attached hydrogens (tertiary/aromatic N) is 4. The van der Waals surface area contributed by atoms with Crippen LogP contribution in [0.3, 0.4) is 0 Å². The van der Waals surface area contributed by atoms with Gasteiger partial charge >= 0.3 is 0 Å². The van der Waals surface area contributed by atoms with Crippen molar-refractivity contribution in [3.05, 3.63) is 82.0 Å². The van der Waals surface area contributed by atoms with E-state index < -0.39 is 5.82 Å². The van der Waals surface area contributed by atoms with E-state index in [0.717, 1.165) is 5.70 Å². The van der Waals surface area contributed by atoms with Crippen molar-refractivity contribution in [2.45, 2.75) is 19.1 Å². The van der Waals surface area contributed by atoms with Gasteiger partial charge in [-0.25, -0.2) is 19.4 Å². The number of aliphatic imine (C=N–C) groups is 2. The fraction of sp³-hybridized carbons (Fsp3) is 0.143. The molecule has 0 saturated heterocycles. The number of benzene rings is 2. The molecule has 150 valence electrons. The Bertz CT molecular complexity index is 1280. The maximum Gasteiger partial charge on any atom is 0.266 e. The zero-order chi connectivity index (χ0) is 20.7. The third kappa shape index (κ3) is 3.00. The normalized spacial score (nSPS) is 18.1. The van der Waals surface area contributed by atoms with Gasteiger partial charge in [0.1, 0.15) is 23.5 Å². The van der Waals surface area contributed by atoms with Gasteiger partial charge in [0.2, 0.25) is 0 Å². The molecule has 1 aromatic heterocycles. The lowest BCUT2D eigenvalue weighted by Gasteiger charge is -2.24. The molecule has 9 heteroatoms. The first-order valence-corrected chi connectivity index (χ1v) is 9.47. The highest BCUT2D eigenvalue weighted by Gasteiger charge is 2.26. The van der Waals surface area contributed by atoms with Gasteiger partial charge in [-0.15, -0.1) is 0 Å². The second-order valence-corrected chi connectivity index (χ2v) is 6.99. The topological polar surface area (TPSA) is 95.7 Å². The Morgan fingerprint density at radius 3 is 2.67 bits per heavy atom. The third-order valence-electron chi connectivity index (χ3n) is 5.01. The SMILES string of the molecule is C[C@H](NC1=C2N=CNC2NC=N1)c1nc2ccc(F)cc2c(=O)n1-c1ccccc1. The molecule has 0 spiro atoms. The highest BCUT2D eigenvalue weighted by molar-refractivity contribution is 5.78. The van der Waals surface area contributed by atoms with Crippen LogP contribution in [0, 0.1) is 5.82 Å². The number of halogens is 1. The molecular weight excluding hydrogens is 385 g/mol. The van der Waals surface area contributed by atoms with Crippen LogP contribution in [0.4, 0.5) is 4.39 Å². The molecule has 8 nitrogen and oxygen atoms in total. The van der Waals surface area contributed by atoms with Gasteiger partial charge in [0.15, 0.2) is 5.82 Å². The number of hydrogen-bond donors (Lipinski definition) is 3. The summed E-state index contributed by atoms with van der Waals surface area (Å²) in [7, 11) is 0. The van der Waals surface area contributed by atoms with E-state index in [4.69, 9.17) is 4.98 Å². The molecule has 0 fully saturated rings. The first kappa shape index (κ1) is 18.0. The number of aromatic nitrogens is 2. The second-order valence-electron chi connectivity index (χ2n) is 6.99. The van der Waals surface area contributed by atoms with Crippen molar-refractivity contribution < 1.29 is 4.39 Å². The summed E-state index contributed by atoms with van der Waals surface area (Å²) in [6, 6.07) is 12.8. The second kappa shape index (κ2) is 7.11. The molecule has 2 atom stereocenters. The Hall–Kier alpha value is -4.01. The molecule has 2 aliphatic heterocycles. The summed E-state index contributed by atoms with van der Waals surface area (Å²) in [6.07, 6.45) is 3.05. The van der Waals surface area contributed by atoms with E-state index in [-0.39, 0.29) is 23.2 Å². The lowest BCUT2D eigenvalue weighted by atomic mass is 10.2. The average molecular weight is 403 g/mol. The van der Waals surface area contributed by atoms with Crippen LogP contribution in [0.5, 0.6) is 0 Å². The first-order chi connectivity index (χ1) is 14.6. The van der Waals surface area contributed by atoms with E-state index in [0.29, 0.717) is 22.8 Å². The molecule has 2 aliphatic rings. The molecular formula is C21H18FN7O. The quantitative estimate of drug-likeness (QED) is 0.619. The van der Waals surface area contributed by atoms with Gasteiger partial charge in [-0.3, -0.25) is 9.36 Å². The predicted molar refractivity (Wildman–Crippen MR) is 113 cm³/mol. The molecule has 0 radical (unpaired) electrons. The number of nitrogens with one attached hydrogen (secondary N) is 3. The van der Waals surface area contributed by atoms with Crippen LogP contribution in [0.2, 0.25) is 0 Å². The van der Waals surface area contributed by atoms with Gasteiger partial charge in [0.05, 0.1) is 35.3 Å². The van der Waals surface area contributed by atoms with Crippen molar-refractivity contribution in [2.75, 3.05) is 0 Å². The molecule has 3 aromatic rings. The predicted octanol–water partition coefficient (Wildman–Crippen LogP) is 1.93. The zero-order valence-electron chi connectivity index (χ0n) is 16.0. The lowest BCUT2D eigenvalue weighted by molar-refractivity contribution is 0.564. The van der Waals surface area contributed by atoms with Crippen molar-refractivity contribution in [1.29, 1.82) is 0 Å². The standard InChI is InChI=1S/C21H18FN7O/c1-12(27-19-17-18(24-10-23-17)25-11-26-19)20-28-16-8-7-13(22)9-15(16)21(30)29(20)14-5-3-2-4-6-14/h2-12,18,27H,1H3,(H,23,24)(H,25,26)/t12-,18?/m0/s1. The lowest BCUT2D eigenvalue weighted by Crippen LogP contribution is -2.42. The smallest absolute Gasteiger partial charge is 0.266 e. The Kier molecular flexibility index (Phi) is 4.27. The van der Waals surface area contributed by atoms with Gasteiger partial charge in [-0.05, 0) is 37.3 Å². The summed E-state index contributed by atoms with van der Waals surface area (Å²) >= 11 is 0. The molecule has 2 aromatic carbocycles. The number of hydrogen-bond acceptors (Lipinski definition) is 7. The van der Waals surface area contributed by atoms with Crippen LogP contribution in [0.15, 0.2) is 74.8 Å². The van der Waals surface area contributed by atoms with Crippen LogP contribution in [0.25, 0.3) is 16.6 Å². The highest BCUT2D eigenvalue weighted by atomic mass is 19.1. The summed E-state index contributed by atoms with van der Waals surface area (Å²) in [5.41, 5.74) is 1.47. The molecule has 0 bridgehead atoms. The number of para-hydroxylation sites is 1. The molecule has 0 saturated carbocycles. The zero-order valence-corrected chi connectivity index (χ0v) is 16.0. The van der Waals surface area contributed by atoms with Crippen LogP contribution in [0.1, 0.15) is 18.8 Å². The van der Waals surface area contributed by atoms with E-state index in [2.05, 4.69) is 25.9 Å². The van der Waals surface area contributed by atoms with E-state index >= 15 is 0 Å². The molecule has 5 rings (SSSR count). The molecule has 3 heterocycles. The summed E-state index contributed by atoms with van der Waals surface area (Å²) in [5, 5.41) is 9.68. The average Bonchev–Trinajstić information content (AvgIpc) is 3.24. The Balaban J connectivity index is 1.66. The van der Waals surface area contributed by atoms with Crippen LogP contribution < -0.4 is 21.5 Å². The largest absolute Gasteiger partial charge is 0.359 e. The van der Waals surface area contributed by atoms with Crippen molar-refractivity contribution >= 4 is 23.6 Å². The maximum atomic E-state index is 13.8. The number of rotatable bonds is 4. The van der Waals surface area contributed by atoms with Crippen molar-refractivity contribution in [3.63, 3.8) is 0 Å². The van der Waals surface area contributed by atoms with Crippen molar-refractivity contribution in [2.24, 2.45) is 9.98 Å². The van der Waals surface area contributed by atoms with Gasteiger partial charge in [0.25, 0.3) is 5.56 Å². The van der Waals surface area contributed by atoms with Gasteiger partial charge in [-0.2, -0.15) is 0 Å². The number of fused-ring (bicyclic) bond motifs is 2.